The van der Waals surface area contributed by atoms with E-state index in [-0.39, 0.29) is 6.04 Å². The van der Waals surface area contributed by atoms with E-state index in [1.54, 1.807) is 0 Å². The molecule has 26 heavy (non-hydrogen) atoms. The zero-order valence-electron chi connectivity index (χ0n) is 14.5. The van der Waals surface area contributed by atoms with Crippen molar-refractivity contribution < 1.29 is 0 Å². The fraction of sp³-hybridized carbons (Fsp3) is 0.200. The molecular weight excluding hydrogens is 346 g/mol. The van der Waals surface area contributed by atoms with E-state index in [0.717, 1.165) is 28.9 Å². The lowest BCUT2D eigenvalue weighted by Crippen LogP contribution is -2.36. The average Bonchev–Trinajstić information content (AvgIpc) is 3.33. The van der Waals surface area contributed by atoms with Crippen molar-refractivity contribution >= 4 is 17.6 Å². The Bertz CT molecular complexity index is 901. The van der Waals surface area contributed by atoms with Gasteiger partial charge in [-0.15, -0.1) is 0 Å². The predicted molar refractivity (Wildman–Crippen MR) is 105 cm³/mol. The van der Waals surface area contributed by atoms with Crippen LogP contribution in [0.1, 0.15) is 17.3 Å². The van der Waals surface area contributed by atoms with Crippen molar-refractivity contribution in [3.05, 3.63) is 83.1 Å². The second-order valence-electron chi connectivity index (χ2n) is 6.36. The third kappa shape index (κ3) is 3.58. The summed E-state index contributed by atoms with van der Waals surface area (Å²) in [6.45, 7) is 1.42. The van der Waals surface area contributed by atoms with E-state index < -0.39 is 0 Å². The highest BCUT2D eigenvalue weighted by Gasteiger charge is 2.22. The van der Waals surface area contributed by atoms with E-state index in [1.165, 1.54) is 5.56 Å². The number of nitrogens with zero attached hydrogens (tertiary/aromatic N) is 4. The molecule has 132 valence electrons. The maximum absolute atomic E-state index is 5.97. The monoisotopic (exact) mass is 365 g/mol. The Hall–Kier alpha value is -2.79. The number of guanidine groups is 1. The number of hydrogen-bond donors (Lipinski definition) is 1. The molecule has 2 aromatic carbocycles. The van der Waals surface area contributed by atoms with Gasteiger partial charge in [-0.3, -0.25) is 4.99 Å². The zero-order valence-corrected chi connectivity index (χ0v) is 15.3. The molecule has 0 saturated carbocycles. The fourth-order valence-electron chi connectivity index (χ4n) is 3.03. The van der Waals surface area contributed by atoms with Gasteiger partial charge in [0.1, 0.15) is 0 Å². The van der Waals surface area contributed by atoms with Crippen LogP contribution in [-0.2, 0) is 6.54 Å². The Morgan fingerprint density at radius 3 is 2.65 bits per heavy atom. The van der Waals surface area contributed by atoms with Crippen LogP contribution in [0.25, 0.3) is 5.69 Å². The van der Waals surface area contributed by atoms with Gasteiger partial charge >= 0.3 is 0 Å². The molecule has 0 aliphatic carbocycles. The first-order valence-corrected chi connectivity index (χ1v) is 8.94. The lowest BCUT2D eigenvalue weighted by molar-refractivity contribution is 0.471. The highest BCUT2D eigenvalue weighted by Crippen LogP contribution is 2.20. The predicted octanol–water partition coefficient (Wildman–Crippen LogP) is 3.66. The fourth-order valence-corrected chi connectivity index (χ4v) is 3.15. The van der Waals surface area contributed by atoms with Crippen molar-refractivity contribution in [2.75, 3.05) is 13.6 Å². The van der Waals surface area contributed by atoms with Gasteiger partial charge in [-0.25, -0.2) is 4.68 Å². The number of hydrogen-bond acceptors (Lipinski definition) is 4. The smallest absolute Gasteiger partial charge is 0.194 e. The van der Waals surface area contributed by atoms with Crippen LogP contribution in [0.3, 0.4) is 0 Å². The summed E-state index contributed by atoms with van der Waals surface area (Å²) in [6, 6.07) is 20.2. The summed E-state index contributed by atoms with van der Waals surface area (Å²) < 4.78 is 1.89. The molecule has 1 aliphatic heterocycles. The van der Waals surface area contributed by atoms with Crippen LogP contribution in [-0.4, -0.2) is 34.2 Å². The summed E-state index contributed by atoms with van der Waals surface area (Å²) in [5.74, 6) is 0.888. The number of rotatable bonds is 4. The molecule has 0 amide bonds. The summed E-state index contributed by atoms with van der Waals surface area (Å²) in [5.41, 5.74) is 3.24. The lowest BCUT2D eigenvalue weighted by Gasteiger charge is -2.20. The average molecular weight is 366 g/mol. The Morgan fingerprint density at radius 1 is 1.12 bits per heavy atom. The van der Waals surface area contributed by atoms with Crippen LogP contribution < -0.4 is 5.32 Å². The van der Waals surface area contributed by atoms with Crippen LogP contribution >= 0.6 is 11.6 Å². The highest BCUT2D eigenvalue weighted by atomic mass is 35.5. The normalized spacial score (nSPS) is 16.2. The van der Waals surface area contributed by atoms with E-state index in [1.807, 2.05) is 78.6 Å². The number of halogens is 1. The summed E-state index contributed by atoms with van der Waals surface area (Å²) in [7, 11) is 2.03. The molecule has 5 nitrogen and oxygen atoms in total. The van der Waals surface area contributed by atoms with Gasteiger partial charge in [-0.05, 0) is 35.9 Å². The van der Waals surface area contributed by atoms with Crippen LogP contribution in [0.4, 0.5) is 0 Å². The molecule has 1 N–H and O–H groups in total. The zero-order chi connectivity index (χ0) is 17.9. The SMILES string of the molecule is CN(Cc1ccn(-c2ccccc2)n1)C1=NCC(c2ccc(Cl)cc2)N1. The molecule has 4 rings (SSSR count). The van der Waals surface area contributed by atoms with Gasteiger partial charge in [-0.2, -0.15) is 5.10 Å². The molecule has 3 aromatic rings. The topological polar surface area (TPSA) is 45.5 Å². The second-order valence-corrected chi connectivity index (χ2v) is 6.79. The first-order valence-electron chi connectivity index (χ1n) is 8.56. The minimum Gasteiger partial charge on any atom is -0.348 e. The number of nitrogens with one attached hydrogen (secondary N) is 1. The Kier molecular flexibility index (Phi) is 4.63. The Labute approximate surface area is 157 Å². The molecule has 2 heterocycles. The van der Waals surface area contributed by atoms with E-state index in [0.29, 0.717) is 6.54 Å². The second kappa shape index (κ2) is 7.22. The maximum Gasteiger partial charge on any atom is 0.194 e. The summed E-state index contributed by atoms with van der Waals surface area (Å²) in [4.78, 5) is 6.73. The largest absolute Gasteiger partial charge is 0.348 e. The summed E-state index contributed by atoms with van der Waals surface area (Å²) >= 11 is 5.97. The molecule has 1 unspecified atom stereocenters. The van der Waals surface area contributed by atoms with Crippen LogP contribution in [0.15, 0.2) is 71.9 Å². The number of aliphatic imine (C=N–C) groups is 1. The van der Waals surface area contributed by atoms with Gasteiger partial charge in [0.15, 0.2) is 5.96 Å². The molecule has 1 aliphatic rings. The molecule has 1 aromatic heterocycles. The van der Waals surface area contributed by atoms with Gasteiger partial charge in [0, 0.05) is 18.3 Å². The molecule has 6 heteroatoms. The van der Waals surface area contributed by atoms with Gasteiger partial charge < -0.3 is 10.2 Å². The van der Waals surface area contributed by atoms with Crippen molar-refractivity contribution in [1.82, 2.24) is 20.0 Å². The maximum atomic E-state index is 5.97. The Morgan fingerprint density at radius 2 is 1.88 bits per heavy atom. The molecule has 1 atom stereocenters. The molecule has 0 saturated heterocycles. The van der Waals surface area contributed by atoms with Crippen molar-refractivity contribution in [2.45, 2.75) is 12.6 Å². The standard InChI is InChI=1S/C20H20ClN5/c1-25(14-17-11-12-26(24-17)18-5-3-2-4-6-18)20-22-13-19(23-20)15-7-9-16(21)10-8-15/h2-12,19H,13-14H2,1H3,(H,22,23). The van der Waals surface area contributed by atoms with Crippen LogP contribution in [0.5, 0.6) is 0 Å². The van der Waals surface area contributed by atoms with E-state index in [9.17, 15) is 0 Å². The first-order chi connectivity index (χ1) is 12.7. The van der Waals surface area contributed by atoms with Crippen molar-refractivity contribution in [3.63, 3.8) is 0 Å². The van der Waals surface area contributed by atoms with Crippen LogP contribution in [0.2, 0.25) is 5.02 Å². The number of para-hydroxylation sites is 1. The molecule has 0 fully saturated rings. The molecular formula is C20H20ClN5. The molecule has 0 spiro atoms. The van der Waals surface area contributed by atoms with Crippen molar-refractivity contribution in [3.8, 4) is 5.69 Å². The number of aromatic nitrogens is 2. The van der Waals surface area contributed by atoms with Crippen molar-refractivity contribution in [2.24, 2.45) is 4.99 Å². The van der Waals surface area contributed by atoms with Crippen LogP contribution in [0, 0.1) is 0 Å². The molecule has 0 radical (unpaired) electrons. The van der Waals surface area contributed by atoms with E-state index in [2.05, 4.69) is 20.3 Å². The third-order valence-corrected chi connectivity index (χ3v) is 4.68. The minimum absolute atomic E-state index is 0.187. The summed E-state index contributed by atoms with van der Waals surface area (Å²) in [6.07, 6.45) is 1.99. The van der Waals surface area contributed by atoms with Crippen molar-refractivity contribution in [1.29, 1.82) is 0 Å². The number of benzene rings is 2. The quantitative estimate of drug-likeness (QED) is 0.767. The van der Waals surface area contributed by atoms with Gasteiger partial charge in [0.25, 0.3) is 0 Å². The van der Waals surface area contributed by atoms with Gasteiger partial charge in [-0.1, -0.05) is 41.9 Å². The third-order valence-electron chi connectivity index (χ3n) is 4.43. The van der Waals surface area contributed by atoms with E-state index in [4.69, 9.17) is 11.6 Å². The minimum atomic E-state index is 0.187. The molecule has 0 bridgehead atoms. The first kappa shape index (κ1) is 16.7. The van der Waals surface area contributed by atoms with Gasteiger partial charge in [0.05, 0.1) is 30.5 Å². The summed E-state index contributed by atoms with van der Waals surface area (Å²) in [5, 5.41) is 8.89. The highest BCUT2D eigenvalue weighted by molar-refractivity contribution is 6.30. The Balaban J connectivity index is 1.39. The van der Waals surface area contributed by atoms with Gasteiger partial charge in [0.2, 0.25) is 0 Å². The lowest BCUT2D eigenvalue weighted by atomic mass is 10.1. The van der Waals surface area contributed by atoms with E-state index >= 15 is 0 Å².